The lowest BCUT2D eigenvalue weighted by atomic mass is 9.92. The largest absolute Gasteiger partial charge is 0.491 e. The smallest absolute Gasteiger partial charge is 0.139 e. The number of rotatable bonds is 4. The number of nitrogens with zero attached hydrogens (tertiary/aromatic N) is 2. The van der Waals surface area contributed by atoms with E-state index in [0.717, 1.165) is 18.2 Å². The first kappa shape index (κ1) is 13.6. The fraction of sp³-hybridized carbons (Fsp3) is 0.643. The van der Waals surface area contributed by atoms with Crippen molar-refractivity contribution >= 4 is 11.6 Å². The monoisotopic (exact) mass is 268 g/mol. The maximum absolute atomic E-state index is 5.86. The van der Waals surface area contributed by atoms with Crippen LogP contribution in [0.5, 0.6) is 5.75 Å². The first-order valence-corrected chi connectivity index (χ1v) is 7.02. The third-order valence-corrected chi connectivity index (χ3v) is 4.04. The molecule has 0 aromatic carbocycles. The minimum Gasteiger partial charge on any atom is -0.491 e. The molecule has 1 aromatic rings. The Morgan fingerprint density at radius 1 is 1.44 bits per heavy atom. The van der Waals surface area contributed by atoms with E-state index in [4.69, 9.17) is 16.3 Å². The molecule has 0 N–H and O–H groups in total. The summed E-state index contributed by atoms with van der Waals surface area (Å²) in [6, 6.07) is 2.46. The number of piperidine rings is 1. The number of halogens is 1. The van der Waals surface area contributed by atoms with Crippen molar-refractivity contribution in [3.63, 3.8) is 0 Å². The van der Waals surface area contributed by atoms with Gasteiger partial charge in [-0.2, -0.15) is 0 Å². The van der Waals surface area contributed by atoms with Crippen LogP contribution in [0.1, 0.15) is 26.7 Å². The Hall–Kier alpha value is -0.800. The zero-order valence-corrected chi connectivity index (χ0v) is 11.9. The minimum absolute atomic E-state index is 0.618. The fourth-order valence-electron chi connectivity index (χ4n) is 2.49. The molecule has 1 aromatic heterocycles. The van der Waals surface area contributed by atoms with Gasteiger partial charge in [-0.1, -0.05) is 18.5 Å². The molecule has 3 nitrogen and oxygen atoms in total. The zero-order valence-electron chi connectivity index (χ0n) is 11.1. The van der Waals surface area contributed by atoms with Gasteiger partial charge in [-0.05, 0) is 32.2 Å². The Morgan fingerprint density at radius 3 is 3.06 bits per heavy atom. The van der Waals surface area contributed by atoms with Gasteiger partial charge < -0.3 is 4.74 Å². The van der Waals surface area contributed by atoms with Crippen molar-refractivity contribution in [2.45, 2.75) is 32.7 Å². The molecule has 0 radical (unpaired) electrons. The molecule has 0 bridgehead atoms. The molecule has 1 aliphatic heterocycles. The summed E-state index contributed by atoms with van der Waals surface area (Å²) in [6.07, 6.45) is 5.96. The molecule has 2 unspecified atom stereocenters. The lowest BCUT2D eigenvalue weighted by Crippen LogP contribution is -2.44. The standard InChI is InChI=1S/C14H21ClN2O/c1-11-4-3-5-17(12(11)2)6-7-18-14-8-13(15)9-16-10-14/h8-12H,3-7H2,1-2H3. The minimum atomic E-state index is 0.618. The summed E-state index contributed by atoms with van der Waals surface area (Å²) in [7, 11) is 0. The summed E-state index contributed by atoms with van der Waals surface area (Å²) in [6.45, 7) is 7.49. The highest BCUT2D eigenvalue weighted by Gasteiger charge is 2.23. The van der Waals surface area contributed by atoms with Crippen LogP contribution in [0.4, 0.5) is 0 Å². The van der Waals surface area contributed by atoms with Gasteiger partial charge in [-0.15, -0.1) is 0 Å². The van der Waals surface area contributed by atoms with Crippen molar-refractivity contribution in [3.05, 3.63) is 23.5 Å². The van der Waals surface area contributed by atoms with Crippen molar-refractivity contribution in [3.8, 4) is 5.75 Å². The SMILES string of the molecule is CC1CCCN(CCOc2cncc(Cl)c2)C1C. The van der Waals surface area contributed by atoms with E-state index in [0.29, 0.717) is 17.7 Å². The van der Waals surface area contributed by atoms with Gasteiger partial charge in [0.05, 0.1) is 11.2 Å². The quantitative estimate of drug-likeness (QED) is 0.838. The second-order valence-electron chi connectivity index (χ2n) is 5.08. The van der Waals surface area contributed by atoms with Gasteiger partial charge >= 0.3 is 0 Å². The Bertz CT molecular complexity index is 386. The van der Waals surface area contributed by atoms with E-state index in [9.17, 15) is 0 Å². The summed E-state index contributed by atoms with van der Waals surface area (Å²) >= 11 is 5.86. The van der Waals surface area contributed by atoms with E-state index >= 15 is 0 Å². The number of aromatic nitrogens is 1. The molecular weight excluding hydrogens is 248 g/mol. The Balaban J connectivity index is 1.78. The van der Waals surface area contributed by atoms with Crippen LogP contribution in [0.25, 0.3) is 0 Å². The lowest BCUT2D eigenvalue weighted by molar-refractivity contribution is 0.0957. The normalized spacial score (nSPS) is 25.1. The van der Waals surface area contributed by atoms with Crippen LogP contribution in [0.15, 0.2) is 18.5 Å². The average molecular weight is 269 g/mol. The second-order valence-corrected chi connectivity index (χ2v) is 5.52. The van der Waals surface area contributed by atoms with Crippen molar-refractivity contribution in [2.75, 3.05) is 19.7 Å². The molecular formula is C14H21ClN2O. The first-order valence-electron chi connectivity index (χ1n) is 6.64. The summed E-state index contributed by atoms with van der Waals surface area (Å²) in [4.78, 5) is 6.51. The highest BCUT2D eigenvalue weighted by molar-refractivity contribution is 6.30. The molecule has 2 rings (SSSR count). The Kier molecular flexibility index (Phi) is 4.84. The number of hydrogen-bond acceptors (Lipinski definition) is 3. The third-order valence-electron chi connectivity index (χ3n) is 3.83. The van der Waals surface area contributed by atoms with Gasteiger partial charge in [0.25, 0.3) is 0 Å². The molecule has 100 valence electrons. The van der Waals surface area contributed by atoms with Crippen LogP contribution in [-0.4, -0.2) is 35.6 Å². The summed E-state index contributed by atoms with van der Waals surface area (Å²) in [5.41, 5.74) is 0. The Labute approximate surface area is 114 Å². The molecule has 18 heavy (non-hydrogen) atoms. The van der Waals surface area contributed by atoms with Crippen LogP contribution in [0, 0.1) is 5.92 Å². The highest BCUT2D eigenvalue weighted by Crippen LogP contribution is 2.22. The first-order chi connectivity index (χ1) is 8.66. The van der Waals surface area contributed by atoms with E-state index in [2.05, 4.69) is 23.7 Å². The van der Waals surface area contributed by atoms with Crippen LogP contribution in [0.2, 0.25) is 5.02 Å². The lowest BCUT2D eigenvalue weighted by Gasteiger charge is -2.37. The van der Waals surface area contributed by atoms with Crippen molar-refractivity contribution in [1.82, 2.24) is 9.88 Å². The molecule has 0 spiro atoms. The third kappa shape index (κ3) is 3.59. The molecule has 0 amide bonds. The molecule has 0 saturated carbocycles. The van der Waals surface area contributed by atoms with E-state index in [1.165, 1.54) is 19.4 Å². The van der Waals surface area contributed by atoms with Gasteiger partial charge in [0, 0.05) is 24.8 Å². The molecule has 0 aliphatic carbocycles. The maximum Gasteiger partial charge on any atom is 0.139 e. The fourth-order valence-corrected chi connectivity index (χ4v) is 2.65. The predicted octanol–water partition coefficient (Wildman–Crippen LogP) is 3.23. The molecule has 1 fully saturated rings. The van der Waals surface area contributed by atoms with Gasteiger partial charge in [-0.3, -0.25) is 9.88 Å². The van der Waals surface area contributed by atoms with Crippen molar-refractivity contribution < 1.29 is 4.74 Å². The van der Waals surface area contributed by atoms with Gasteiger partial charge in [0.2, 0.25) is 0 Å². The van der Waals surface area contributed by atoms with E-state index in [1.807, 2.05) is 0 Å². The van der Waals surface area contributed by atoms with E-state index in [-0.39, 0.29) is 0 Å². The number of hydrogen-bond donors (Lipinski definition) is 0. The van der Waals surface area contributed by atoms with Gasteiger partial charge in [0.1, 0.15) is 12.4 Å². The van der Waals surface area contributed by atoms with Gasteiger partial charge in [0.15, 0.2) is 0 Å². The molecule has 1 saturated heterocycles. The topological polar surface area (TPSA) is 25.4 Å². The number of likely N-dealkylation sites (tertiary alicyclic amines) is 1. The summed E-state index contributed by atoms with van der Waals surface area (Å²) in [5, 5.41) is 0.618. The second kappa shape index (κ2) is 6.39. The highest BCUT2D eigenvalue weighted by atomic mass is 35.5. The molecule has 2 heterocycles. The van der Waals surface area contributed by atoms with Gasteiger partial charge in [-0.25, -0.2) is 0 Å². The summed E-state index contributed by atoms with van der Waals surface area (Å²) < 4.78 is 5.68. The van der Waals surface area contributed by atoms with E-state index < -0.39 is 0 Å². The zero-order chi connectivity index (χ0) is 13.0. The average Bonchev–Trinajstić information content (AvgIpc) is 2.35. The number of pyridine rings is 1. The summed E-state index contributed by atoms with van der Waals surface area (Å²) in [5.74, 6) is 1.53. The van der Waals surface area contributed by atoms with E-state index in [1.54, 1.807) is 18.5 Å². The number of ether oxygens (including phenoxy) is 1. The van der Waals surface area contributed by atoms with Crippen LogP contribution in [0.3, 0.4) is 0 Å². The Morgan fingerprint density at radius 2 is 2.28 bits per heavy atom. The van der Waals surface area contributed by atoms with Crippen LogP contribution in [-0.2, 0) is 0 Å². The van der Waals surface area contributed by atoms with Crippen LogP contribution >= 0.6 is 11.6 Å². The van der Waals surface area contributed by atoms with Crippen LogP contribution < -0.4 is 4.74 Å². The molecule has 2 atom stereocenters. The predicted molar refractivity (Wildman–Crippen MR) is 74.2 cm³/mol. The maximum atomic E-state index is 5.86. The molecule has 1 aliphatic rings. The van der Waals surface area contributed by atoms with Crippen molar-refractivity contribution in [2.24, 2.45) is 5.92 Å². The molecule has 4 heteroatoms. The van der Waals surface area contributed by atoms with Crippen molar-refractivity contribution in [1.29, 1.82) is 0 Å².